The molecule has 18 heavy (non-hydrogen) atoms. The van der Waals surface area contributed by atoms with Gasteiger partial charge in [0.1, 0.15) is 11.6 Å². The highest BCUT2D eigenvalue weighted by Gasteiger charge is 2.22. The molecule has 3 nitrogen and oxygen atoms in total. The first-order chi connectivity index (χ1) is 8.83. The minimum Gasteiger partial charge on any atom is -0.495 e. The number of rotatable bonds is 5. The Labute approximate surface area is 110 Å². The van der Waals surface area contributed by atoms with E-state index < -0.39 is 0 Å². The summed E-state index contributed by atoms with van der Waals surface area (Å²) < 4.78 is 5.13. The summed E-state index contributed by atoms with van der Waals surface area (Å²) in [6.45, 7) is 2.26. The number of hydrogen-bond donors (Lipinski definition) is 1. The average Bonchev–Trinajstić information content (AvgIpc) is 2.46. The van der Waals surface area contributed by atoms with Gasteiger partial charge in [0.15, 0.2) is 0 Å². The topological polar surface area (TPSA) is 34.1 Å². The summed E-state index contributed by atoms with van der Waals surface area (Å²) in [7, 11) is 1.67. The van der Waals surface area contributed by atoms with Gasteiger partial charge in [-0.25, -0.2) is 4.98 Å². The average molecular weight is 248 g/mol. The molecule has 1 fully saturated rings. The lowest BCUT2D eigenvalue weighted by Crippen LogP contribution is -2.30. The Balaban J connectivity index is 1.95. The van der Waals surface area contributed by atoms with E-state index in [4.69, 9.17) is 4.74 Å². The van der Waals surface area contributed by atoms with E-state index in [0.717, 1.165) is 17.5 Å². The van der Waals surface area contributed by atoms with Gasteiger partial charge < -0.3 is 10.1 Å². The molecule has 1 heterocycles. The predicted molar refractivity (Wildman–Crippen MR) is 75.1 cm³/mol. The Morgan fingerprint density at radius 3 is 2.67 bits per heavy atom. The molecule has 1 aromatic rings. The van der Waals surface area contributed by atoms with Crippen molar-refractivity contribution in [3.8, 4) is 5.75 Å². The fraction of sp³-hybridized carbons (Fsp3) is 0.667. The zero-order valence-corrected chi connectivity index (χ0v) is 11.5. The highest BCUT2D eigenvalue weighted by atomic mass is 16.5. The van der Waals surface area contributed by atoms with Crippen LogP contribution >= 0.6 is 0 Å². The zero-order valence-electron chi connectivity index (χ0n) is 11.5. The van der Waals surface area contributed by atoms with Crippen LogP contribution in [0.3, 0.4) is 0 Å². The second-order valence-electron chi connectivity index (χ2n) is 5.14. The third-order valence-electron chi connectivity index (χ3n) is 3.96. The predicted octanol–water partition coefficient (Wildman–Crippen LogP) is 3.86. The molecular weight excluding hydrogens is 224 g/mol. The summed E-state index contributed by atoms with van der Waals surface area (Å²) in [5.74, 6) is 2.59. The summed E-state index contributed by atoms with van der Waals surface area (Å²) in [6, 6.07) is 4.53. The quantitative estimate of drug-likeness (QED) is 0.859. The van der Waals surface area contributed by atoms with E-state index in [9.17, 15) is 0 Å². The van der Waals surface area contributed by atoms with Crippen molar-refractivity contribution in [1.82, 2.24) is 4.98 Å². The smallest absolute Gasteiger partial charge is 0.137 e. The van der Waals surface area contributed by atoms with E-state index in [1.807, 2.05) is 12.1 Å². The Morgan fingerprint density at radius 1 is 1.33 bits per heavy atom. The molecule has 1 N–H and O–H groups in total. The number of hydrogen-bond acceptors (Lipinski definition) is 3. The summed E-state index contributed by atoms with van der Waals surface area (Å²) in [5, 5.41) is 3.58. The lowest BCUT2D eigenvalue weighted by atomic mass is 9.83. The van der Waals surface area contributed by atoms with Gasteiger partial charge in [0.25, 0.3) is 0 Å². The van der Waals surface area contributed by atoms with Crippen molar-refractivity contribution < 1.29 is 4.74 Å². The van der Waals surface area contributed by atoms with E-state index in [2.05, 4.69) is 17.2 Å². The van der Waals surface area contributed by atoms with Crippen molar-refractivity contribution in [3.63, 3.8) is 0 Å². The second-order valence-corrected chi connectivity index (χ2v) is 5.14. The first kappa shape index (κ1) is 13.2. The molecule has 0 saturated heterocycles. The molecule has 0 spiro atoms. The van der Waals surface area contributed by atoms with Crippen LogP contribution in [0.4, 0.5) is 5.82 Å². The molecule has 1 aliphatic carbocycles. The lowest BCUT2D eigenvalue weighted by Gasteiger charge is -2.30. The van der Waals surface area contributed by atoms with Crippen LogP contribution in [0.2, 0.25) is 0 Å². The number of anilines is 1. The van der Waals surface area contributed by atoms with Crippen LogP contribution in [0.25, 0.3) is 0 Å². The van der Waals surface area contributed by atoms with Crippen molar-refractivity contribution in [2.75, 3.05) is 12.4 Å². The Kier molecular flexibility index (Phi) is 4.85. The van der Waals surface area contributed by atoms with Crippen LogP contribution in [-0.2, 0) is 0 Å². The normalized spacial score (nSPS) is 18.3. The number of nitrogens with zero attached hydrogens (tertiary/aromatic N) is 1. The van der Waals surface area contributed by atoms with E-state index in [1.165, 1.54) is 38.5 Å². The number of ether oxygens (including phenoxy) is 1. The van der Waals surface area contributed by atoms with Crippen LogP contribution in [0.1, 0.15) is 45.4 Å². The van der Waals surface area contributed by atoms with Gasteiger partial charge in [-0.2, -0.15) is 0 Å². The molecule has 1 unspecified atom stereocenters. The van der Waals surface area contributed by atoms with E-state index in [1.54, 1.807) is 13.3 Å². The van der Waals surface area contributed by atoms with E-state index in [0.29, 0.717) is 6.04 Å². The van der Waals surface area contributed by atoms with Gasteiger partial charge in [0, 0.05) is 6.04 Å². The third-order valence-corrected chi connectivity index (χ3v) is 3.96. The van der Waals surface area contributed by atoms with Gasteiger partial charge in [-0.1, -0.05) is 26.2 Å². The summed E-state index contributed by atoms with van der Waals surface area (Å²) in [6.07, 6.45) is 9.85. The fourth-order valence-corrected chi connectivity index (χ4v) is 2.87. The molecule has 100 valence electrons. The number of aromatic nitrogens is 1. The van der Waals surface area contributed by atoms with E-state index in [-0.39, 0.29) is 0 Å². The molecule has 0 bridgehead atoms. The third kappa shape index (κ3) is 3.37. The SMILES string of the molecule is CCC(Nc1ccc(OC)cn1)C1CCCCC1. The molecule has 1 aliphatic rings. The van der Waals surface area contributed by atoms with Gasteiger partial charge in [0.05, 0.1) is 13.3 Å². The molecular formula is C15H24N2O. The van der Waals surface area contributed by atoms with Crippen molar-refractivity contribution in [2.24, 2.45) is 5.92 Å². The van der Waals surface area contributed by atoms with Gasteiger partial charge in [0.2, 0.25) is 0 Å². The second kappa shape index (κ2) is 6.62. The van der Waals surface area contributed by atoms with Crippen LogP contribution in [0.5, 0.6) is 5.75 Å². The molecule has 1 atom stereocenters. The zero-order chi connectivity index (χ0) is 12.8. The van der Waals surface area contributed by atoms with Gasteiger partial charge >= 0.3 is 0 Å². The van der Waals surface area contributed by atoms with Gasteiger partial charge in [-0.3, -0.25) is 0 Å². The maximum Gasteiger partial charge on any atom is 0.137 e. The van der Waals surface area contributed by atoms with Crippen molar-refractivity contribution in [1.29, 1.82) is 0 Å². The monoisotopic (exact) mass is 248 g/mol. The van der Waals surface area contributed by atoms with E-state index >= 15 is 0 Å². The fourth-order valence-electron chi connectivity index (χ4n) is 2.87. The Bertz CT molecular complexity index is 344. The summed E-state index contributed by atoms with van der Waals surface area (Å²) >= 11 is 0. The highest BCUT2D eigenvalue weighted by molar-refractivity contribution is 5.38. The van der Waals surface area contributed by atoms with Gasteiger partial charge in [-0.15, -0.1) is 0 Å². The Morgan fingerprint density at radius 2 is 2.11 bits per heavy atom. The minimum absolute atomic E-state index is 0.561. The molecule has 0 radical (unpaired) electrons. The van der Waals surface area contributed by atoms with Crippen LogP contribution in [0, 0.1) is 5.92 Å². The Hall–Kier alpha value is -1.25. The van der Waals surface area contributed by atoms with Crippen LogP contribution < -0.4 is 10.1 Å². The maximum atomic E-state index is 5.13. The van der Waals surface area contributed by atoms with Crippen molar-refractivity contribution in [3.05, 3.63) is 18.3 Å². The number of methoxy groups -OCH3 is 1. The molecule has 3 heteroatoms. The largest absolute Gasteiger partial charge is 0.495 e. The maximum absolute atomic E-state index is 5.13. The van der Waals surface area contributed by atoms with Crippen LogP contribution in [0.15, 0.2) is 18.3 Å². The standard InChI is InChI=1S/C15H24N2O/c1-3-14(12-7-5-4-6-8-12)17-15-10-9-13(18-2)11-16-15/h9-12,14H,3-8H2,1-2H3,(H,16,17). The molecule has 1 aromatic heterocycles. The molecule has 0 aromatic carbocycles. The minimum atomic E-state index is 0.561. The molecule has 0 amide bonds. The number of nitrogens with one attached hydrogen (secondary N) is 1. The molecule has 2 rings (SSSR count). The van der Waals surface area contributed by atoms with Crippen molar-refractivity contribution >= 4 is 5.82 Å². The van der Waals surface area contributed by atoms with Crippen LogP contribution in [-0.4, -0.2) is 18.1 Å². The lowest BCUT2D eigenvalue weighted by molar-refractivity contribution is 0.312. The van der Waals surface area contributed by atoms with Gasteiger partial charge in [-0.05, 0) is 37.3 Å². The first-order valence-electron chi connectivity index (χ1n) is 7.10. The molecule has 1 saturated carbocycles. The number of pyridine rings is 1. The summed E-state index contributed by atoms with van der Waals surface area (Å²) in [5.41, 5.74) is 0. The summed E-state index contributed by atoms with van der Waals surface area (Å²) in [4.78, 5) is 4.40. The first-order valence-corrected chi connectivity index (χ1v) is 7.10. The van der Waals surface area contributed by atoms with Crippen molar-refractivity contribution in [2.45, 2.75) is 51.5 Å². The molecule has 0 aliphatic heterocycles. The highest BCUT2D eigenvalue weighted by Crippen LogP contribution is 2.29.